The molecule has 0 bridgehead atoms. The Bertz CT molecular complexity index is 979. The van der Waals surface area contributed by atoms with Gasteiger partial charge in [-0.25, -0.2) is 4.79 Å². The van der Waals surface area contributed by atoms with Crippen LogP contribution in [0.1, 0.15) is 27.0 Å². The van der Waals surface area contributed by atoms with Gasteiger partial charge in [-0.05, 0) is 67.8 Å². The van der Waals surface area contributed by atoms with Crippen molar-refractivity contribution in [3.8, 4) is 0 Å². The number of carbonyl (C=O) groups is 1. The molecule has 132 valence electrons. The number of aryl methyl sites for hydroxylation is 1. The third-order valence-corrected chi connectivity index (χ3v) is 7.18. The topological polar surface area (TPSA) is 43.4 Å². The van der Waals surface area contributed by atoms with E-state index < -0.39 is 13.3 Å². The zero-order valence-corrected chi connectivity index (χ0v) is 16.0. The molecule has 3 rings (SSSR count). The lowest BCUT2D eigenvalue weighted by Crippen LogP contribution is -2.23. The van der Waals surface area contributed by atoms with Crippen LogP contribution in [0.3, 0.4) is 0 Å². The number of benzene rings is 3. The van der Waals surface area contributed by atoms with Gasteiger partial charge in [0, 0.05) is 0 Å². The maximum absolute atomic E-state index is 14.0. The lowest BCUT2D eigenvalue weighted by atomic mass is 10.1. The molecule has 3 aromatic carbocycles. The van der Waals surface area contributed by atoms with Crippen molar-refractivity contribution in [2.75, 3.05) is 0 Å². The molecule has 3 nitrogen and oxygen atoms in total. The first kappa shape index (κ1) is 18.2. The lowest BCUT2D eigenvalue weighted by molar-refractivity contribution is 0.0747. The molecule has 0 radical (unpaired) electrons. The van der Waals surface area contributed by atoms with Gasteiger partial charge in [-0.1, -0.05) is 42.5 Å². The van der Waals surface area contributed by atoms with Crippen LogP contribution in [0.5, 0.6) is 0 Å². The summed E-state index contributed by atoms with van der Waals surface area (Å²) in [7, 11) is -3.58. The van der Waals surface area contributed by atoms with E-state index in [9.17, 15) is 9.36 Å². The standard InChI is InChI=1S/C22H21O3P/c1-16-14-15-21(18(3)17(16)2)26(24,20-12-8-5-9-13-20)25-22(23)19-10-6-4-7-11-19/h4-15H,1-3H3. The Morgan fingerprint density at radius 2 is 1.35 bits per heavy atom. The van der Waals surface area contributed by atoms with Crippen molar-refractivity contribution in [3.05, 3.63) is 95.1 Å². The van der Waals surface area contributed by atoms with Crippen LogP contribution in [0.15, 0.2) is 72.8 Å². The Morgan fingerprint density at radius 3 is 1.96 bits per heavy atom. The summed E-state index contributed by atoms with van der Waals surface area (Å²) < 4.78 is 19.7. The fourth-order valence-electron chi connectivity index (χ4n) is 2.87. The molecule has 26 heavy (non-hydrogen) atoms. The van der Waals surface area contributed by atoms with Crippen LogP contribution in [0, 0.1) is 20.8 Å². The fraction of sp³-hybridized carbons (Fsp3) is 0.136. The highest BCUT2D eigenvalue weighted by Gasteiger charge is 2.34. The van der Waals surface area contributed by atoms with Crippen molar-refractivity contribution in [3.63, 3.8) is 0 Å². The van der Waals surface area contributed by atoms with E-state index in [0.717, 1.165) is 16.7 Å². The van der Waals surface area contributed by atoms with Crippen LogP contribution in [0.2, 0.25) is 0 Å². The third kappa shape index (κ3) is 3.36. The molecule has 0 fully saturated rings. The van der Waals surface area contributed by atoms with Gasteiger partial charge in [0.15, 0.2) is 0 Å². The van der Waals surface area contributed by atoms with E-state index in [1.54, 1.807) is 48.5 Å². The molecule has 0 aliphatic carbocycles. The first-order valence-corrected chi connectivity index (χ1v) is 10.1. The molecule has 0 amide bonds. The molecular weight excluding hydrogens is 343 g/mol. The second kappa shape index (κ2) is 7.31. The second-order valence-corrected chi connectivity index (χ2v) is 8.57. The predicted octanol–water partition coefficient (Wildman–Crippen LogP) is 4.70. The summed E-state index contributed by atoms with van der Waals surface area (Å²) in [6.45, 7) is 5.92. The van der Waals surface area contributed by atoms with E-state index in [-0.39, 0.29) is 0 Å². The predicted molar refractivity (Wildman–Crippen MR) is 106 cm³/mol. The van der Waals surface area contributed by atoms with Gasteiger partial charge in [0.2, 0.25) is 0 Å². The molecule has 1 atom stereocenters. The number of rotatable bonds is 4. The van der Waals surface area contributed by atoms with Crippen molar-refractivity contribution in [1.29, 1.82) is 0 Å². The third-order valence-electron chi connectivity index (χ3n) is 4.66. The summed E-state index contributed by atoms with van der Waals surface area (Å²) in [6, 6.07) is 21.3. The highest BCUT2D eigenvalue weighted by molar-refractivity contribution is 7.74. The summed E-state index contributed by atoms with van der Waals surface area (Å²) >= 11 is 0. The van der Waals surface area contributed by atoms with E-state index in [2.05, 4.69) is 0 Å². The van der Waals surface area contributed by atoms with E-state index in [1.807, 2.05) is 45.0 Å². The van der Waals surface area contributed by atoms with Gasteiger partial charge in [0.1, 0.15) is 0 Å². The summed E-state index contributed by atoms with van der Waals surface area (Å²) in [5.41, 5.74) is 3.43. The maximum Gasteiger partial charge on any atom is 0.343 e. The van der Waals surface area contributed by atoms with Crippen molar-refractivity contribution >= 4 is 23.9 Å². The van der Waals surface area contributed by atoms with Gasteiger partial charge in [0.25, 0.3) is 0 Å². The first-order valence-electron chi connectivity index (χ1n) is 8.45. The average Bonchev–Trinajstić information content (AvgIpc) is 2.67. The minimum absolute atomic E-state index is 0.380. The zero-order valence-electron chi connectivity index (χ0n) is 15.1. The van der Waals surface area contributed by atoms with E-state index >= 15 is 0 Å². The normalized spacial score (nSPS) is 13.0. The molecule has 0 saturated carbocycles. The summed E-state index contributed by atoms with van der Waals surface area (Å²) in [5.74, 6) is -0.588. The van der Waals surface area contributed by atoms with Crippen molar-refractivity contribution in [2.45, 2.75) is 20.8 Å². The molecule has 3 aromatic rings. The Morgan fingerprint density at radius 1 is 0.769 bits per heavy atom. The Hall–Kier alpha value is -2.64. The van der Waals surface area contributed by atoms with E-state index in [4.69, 9.17) is 4.52 Å². The highest BCUT2D eigenvalue weighted by atomic mass is 31.2. The summed E-state index contributed by atoms with van der Waals surface area (Å²) in [4.78, 5) is 12.7. The molecule has 0 heterocycles. The largest absolute Gasteiger partial charge is 0.401 e. The SMILES string of the molecule is Cc1ccc(P(=O)(OC(=O)c2ccccc2)c2ccccc2)c(C)c1C. The Balaban J connectivity index is 2.14. The van der Waals surface area contributed by atoms with Gasteiger partial charge in [-0.2, -0.15) is 0 Å². The Labute approximate surface area is 154 Å². The zero-order chi connectivity index (χ0) is 18.7. The minimum Gasteiger partial charge on any atom is -0.401 e. The molecular formula is C22H21O3P. The molecule has 0 aromatic heterocycles. The fourth-order valence-corrected chi connectivity index (χ4v) is 5.14. The Kier molecular flexibility index (Phi) is 5.11. The molecule has 4 heteroatoms. The smallest absolute Gasteiger partial charge is 0.343 e. The minimum atomic E-state index is -3.58. The maximum atomic E-state index is 14.0. The van der Waals surface area contributed by atoms with Crippen LogP contribution in [-0.2, 0) is 9.09 Å². The van der Waals surface area contributed by atoms with Crippen LogP contribution in [-0.4, -0.2) is 5.97 Å². The molecule has 0 saturated heterocycles. The first-order chi connectivity index (χ1) is 12.4. The van der Waals surface area contributed by atoms with Gasteiger partial charge in [-0.3, -0.25) is 4.57 Å². The monoisotopic (exact) mass is 364 g/mol. The quantitative estimate of drug-likeness (QED) is 0.631. The summed E-state index contributed by atoms with van der Waals surface area (Å²) in [6.07, 6.45) is 0. The second-order valence-electron chi connectivity index (χ2n) is 6.28. The van der Waals surface area contributed by atoms with E-state index in [1.165, 1.54) is 0 Å². The molecule has 0 aliphatic heterocycles. The van der Waals surface area contributed by atoms with Crippen molar-refractivity contribution < 1.29 is 13.9 Å². The molecule has 0 aliphatic rings. The van der Waals surface area contributed by atoms with Crippen LogP contribution in [0.4, 0.5) is 0 Å². The average molecular weight is 364 g/mol. The van der Waals surface area contributed by atoms with Crippen molar-refractivity contribution in [1.82, 2.24) is 0 Å². The molecule has 1 unspecified atom stereocenters. The van der Waals surface area contributed by atoms with Crippen LogP contribution < -0.4 is 10.6 Å². The molecule has 0 spiro atoms. The number of hydrogen-bond acceptors (Lipinski definition) is 3. The van der Waals surface area contributed by atoms with Gasteiger partial charge in [-0.15, -0.1) is 0 Å². The number of hydrogen-bond donors (Lipinski definition) is 0. The van der Waals surface area contributed by atoms with Gasteiger partial charge >= 0.3 is 13.3 Å². The highest BCUT2D eigenvalue weighted by Crippen LogP contribution is 2.46. The van der Waals surface area contributed by atoms with Crippen LogP contribution >= 0.6 is 7.37 Å². The van der Waals surface area contributed by atoms with Crippen LogP contribution in [0.25, 0.3) is 0 Å². The van der Waals surface area contributed by atoms with Crippen molar-refractivity contribution in [2.24, 2.45) is 0 Å². The van der Waals surface area contributed by atoms with Gasteiger partial charge in [0.05, 0.1) is 16.2 Å². The summed E-state index contributed by atoms with van der Waals surface area (Å²) in [5, 5.41) is 1.08. The van der Waals surface area contributed by atoms with Gasteiger partial charge < -0.3 is 4.52 Å². The van der Waals surface area contributed by atoms with E-state index in [0.29, 0.717) is 16.2 Å². The lowest BCUT2D eigenvalue weighted by Gasteiger charge is -2.22. The molecule has 0 N–H and O–H groups in total. The number of carbonyl (C=O) groups excluding carboxylic acids is 1.